The summed E-state index contributed by atoms with van der Waals surface area (Å²) in [5, 5.41) is 2.52. The highest BCUT2D eigenvalue weighted by Crippen LogP contribution is 2.35. The number of carbonyl (C=O) groups excluding carboxylic acids is 1. The van der Waals surface area contributed by atoms with Crippen LogP contribution in [0.3, 0.4) is 0 Å². The van der Waals surface area contributed by atoms with E-state index in [2.05, 4.69) is 15.3 Å². The van der Waals surface area contributed by atoms with Gasteiger partial charge in [0, 0.05) is 31.9 Å². The standard InChI is InChI=1S/C24H24F6N4OS/c1-3-34(14-16-7-10-31-11-8-16)12-9-19-33-21(24(28,29)30)20(36-19)22(35)32-15(2)17-5-4-6-18(13-17)23(25,26)27/h4-8,10-11,13,15H,3,9,12,14H2,1-2H3,(H,32,35). The zero-order valence-corrected chi connectivity index (χ0v) is 20.3. The van der Waals surface area contributed by atoms with Gasteiger partial charge in [0.25, 0.3) is 5.91 Å². The molecule has 0 bridgehead atoms. The first-order chi connectivity index (χ1) is 16.9. The molecular formula is C24H24F6N4OS. The van der Waals surface area contributed by atoms with Gasteiger partial charge in [-0.25, -0.2) is 4.98 Å². The first kappa shape index (κ1) is 27.6. The number of hydrogen-bond donors (Lipinski definition) is 1. The van der Waals surface area contributed by atoms with Gasteiger partial charge in [-0.3, -0.25) is 14.7 Å². The number of nitrogens with one attached hydrogen (secondary N) is 1. The minimum atomic E-state index is -4.86. The maximum atomic E-state index is 13.6. The molecule has 2 aromatic heterocycles. The van der Waals surface area contributed by atoms with Crippen LogP contribution in [0.25, 0.3) is 0 Å². The highest BCUT2D eigenvalue weighted by Gasteiger charge is 2.40. The van der Waals surface area contributed by atoms with E-state index in [1.54, 1.807) is 12.4 Å². The Labute approximate surface area is 208 Å². The zero-order chi connectivity index (χ0) is 26.5. The summed E-state index contributed by atoms with van der Waals surface area (Å²) in [5.41, 5.74) is -1.09. The molecule has 0 aliphatic rings. The molecule has 36 heavy (non-hydrogen) atoms. The summed E-state index contributed by atoms with van der Waals surface area (Å²) in [6.07, 6.45) is -5.93. The molecule has 0 fully saturated rings. The molecule has 1 atom stereocenters. The lowest BCUT2D eigenvalue weighted by Gasteiger charge is -2.19. The summed E-state index contributed by atoms with van der Waals surface area (Å²) in [7, 11) is 0. The number of hydrogen-bond acceptors (Lipinski definition) is 5. The van der Waals surface area contributed by atoms with Crippen LogP contribution in [-0.4, -0.2) is 33.9 Å². The number of aromatic nitrogens is 2. The Morgan fingerprint density at radius 2 is 1.78 bits per heavy atom. The number of rotatable bonds is 9. The predicted octanol–water partition coefficient (Wildman–Crippen LogP) is 6.13. The van der Waals surface area contributed by atoms with E-state index in [0.29, 0.717) is 31.0 Å². The van der Waals surface area contributed by atoms with Crippen molar-refractivity contribution < 1.29 is 31.1 Å². The predicted molar refractivity (Wildman–Crippen MR) is 123 cm³/mol. The summed E-state index contributed by atoms with van der Waals surface area (Å²) in [4.78, 5) is 21.8. The number of alkyl halides is 6. The molecule has 194 valence electrons. The van der Waals surface area contributed by atoms with Crippen LogP contribution in [0.2, 0.25) is 0 Å². The molecule has 1 amide bonds. The van der Waals surface area contributed by atoms with Crippen LogP contribution in [0.4, 0.5) is 26.3 Å². The van der Waals surface area contributed by atoms with Crippen molar-refractivity contribution in [2.75, 3.05) is 13.1 Å². The van der Waals surface area contributed by atoms with Crippen molar-refractivity contribution in [1.29, 1.82) is 0 Å². The monoisotopic (exact) mass is 530 g/mol. The smallest absolute Gasteiger partial charge is 0.345 e. The molecule has 5 nitrogen and oxygen atoms in total. The largest absolute Gasteiger partial charge is 0.435 e. The summed E-state index contributed by atoms with van der Waals surface area (Å²) < 4.78 is 79.9. The van der Waals surface area contributed by atoms with E-state index in [9.17, 15) is 31.1 Å². The van der Waals surface area contributed by atoms with Gasteiger partial charge in [0.15, 0.2) is 5.69 Å². The summed E-state index contributed by atoms with van der Waals surface area (Å²) in [6, 6.07) is 7.02. The van der Waals surface area contributed by atoms with Crippen molar-refractivity contribution in [3.63, 3.8) is 0 Å². The van der Waals surface area contributed by atoms with Crippen molar-refractivity contribution in [2.24, 2.45) is 0 Å². The molecule has 3 aromatic rings. The van der Waals surface area contributed by atoms with Crippen LogP contribution < -0.4 is 5.32 Å². The first-order valence-electron chi connectivity index (χ1n) is 11.0. The molecular weight excluding hydrogens is 506 g/mol. The van der Waals surface area contributed by atoms with Crippen LogP contribution in [0, 0.1) is 0 Å². The molecule has 0 aliphatic carbocycles. The quantitative estimate of drug-likeness (QED) is 0.338. The Kier molecular flexibility index (Phi) is 8.72. The summed E-state index contributed by atoms with van der Waals surface area (Å²) in [6.45, 7) is 4.99. The molecule has 3 rings (SSSR count). The van der Waals surface area contributed by atoms with Gasteiger partial charge in [0.05, 0.1) is 16.6 Å². The number of likely N-dealkylation sites (N-methyl/N-ethyl adjacent to an activating group) is 1. The Hall–Kier alpha value is -2.99. The molecule has 2 heterocycles. The highest BCUT2D eigenvalue weighted by atomic mass is 32.1. The average Bonchev–Trinajstić information content (AvgIpc) is 3.27. The van der Waals surface area contributed by atoms with Gasteiger partial charge >= 0.3 is 12.4 Å². The molecule has 0 saturated heterocycles. The van der Waals surface area contributed by atoms with Crippen LogP contribution in [0.1, 0.15) is 57.0 Å². The SMILES string of the molecule is CCN(CCc1nc(C(F)(F)F)c(C(=O)NC(C)c2cccc(C(F)(F)F)c2)s1)Cc1ccncc1. The van der Waals surface area contributed by atoms with Gasteiger partial charge in [-0.15, -0.1) is 11.3 Å². The fraction of sp³-hybridized carbons (Fsp3) is 0.375. The number of thiazole rings is 1. The maximum Gasteiger partial charge on any atom is 0.435 e. The van der Waals surface area contributed by atoms with Crippen molar-refractivity contribution in [2.45, 2.75) is 45.2 Å². The molecule has 0 spiro atoms. The summed E-state index contributed by atoms with van der Waals surface area (Å²) in [5.74, 6) is -1.04. The number of carbonyl (C=O) groups is 1. The third kappa shape index (κ3) is 7.26. The van der Waals surface area contributed by atoms with E-state index in [4.69, 9.17) is 0 Å². The van der Waals surface area contributed by atoms with E-state index >= 15 is 0 Å². The minimum Gasteiger partial charge on any atom is -0.345 e. The lowest BCUT2D eigenvalue weighted by molar-refractivity contribution is -0.141. The van der Waals surface area contributed by atoms with Crippen molar-refractivity contribution >= 4 is 17.2 Å². The van der Waals surface area contributed by atoms with Crippen LogP contribution in [-0.2, 0) is 25.3 Å². The summed E-state index contributed by atoms with van der Waals surface area (Å²) >= 11 is 0.638. The maximum absolute atomic E-state index is 13.6. The normalized spacial score (nSPS) is 13.1. The average molecular weight is 531 g/mol. The second-order valence-corrected chi connectivity index (χ2v) is 9.16. The van der Waals surface area contributed by atoms with Gasteiger partial charge in [-0.05, 0) is 48.9 Å². The lowest BCUT2D eigenvalue weighted by Crippen LogP contribution is -2.28. The van der Waals surface area contributed by atoms with E-state index in [1.165, 1.54) is 19.1 Å². The van der Waals surface area contributed by atoms with E-state index in [-0.39, 0.29) is 17.0 Å². The molecule has 1 aromatic carbocycles. The molecule has 0 saturated carbocycles. The Morgan fingerprint density at radius 1 is 1.08 bits per heavy atom. The molecule has 12 heteroatoms. The number of benzene rings is 1. The van der Waals surface area contributed by atoms with E-state index < -0.39 is 40.4 Å². The van der Waals surface area contributed by atoms with Crippen LogP contribution >= 0.6 is 11.3 Å². The fourth-order valence-corrected chi connectivity index (χ4v) is 4.47. The Morgan fingerprint density at radius 3 is 2.39 bits per heavy atom. The second-order valence-electron chi connectivity index (χ2n) is 8.08. The molecule has 1 N–H and O–H groups in total. The Bertz CT molecular complexity index is 1160. The van der Waals surface area contributed by atoms with Crippen LogP contribution in [0.15, 0.2) is 48.8 Å². The first-order valence-corrected chi connectivity index (χ1v) is 11.9. The van der Waals surface area contributed by atoms with E-state index in [0.717, 1.165) is 17.7 Å². The zero-order valence-electron chi connectivity index (χ0n) is 19.5. The van der Waals surface area contributed by atoms with Gasteiger partial charge in [0.2, 0.25) is 0 Å². The molecule has 1 unspecified atom stereocenters. The number of nitrogens with zero attached hydrogens (tertiary/aromatic N) is 3. The van der Waals surface area contributed by atoms with Crippen molar-refractivity contribution in [3.8, 4) is 0 Å². The number of pyridine rings is 1. The number of halogens is 6. The lowest BCUT2D eigenvalue weighted by atomic mass is 10.0. The van der Waals surface area contributed by atoms with Crippen molar-refractivity contribution in [3.05, 3.63) is 81.1 Å². The van der Waals surface area contributed by atoms with Gasteiger partial charge in [-0.2, -0.15) is 26.3 Å². The Balaban J connectivity index is 1.74. The van der Waals surface area contributed by atoms with Crippen molar-refractivity contribution in [1.82, 2.24) is 20.2 Å². The molecule has 0 aliphatic heterocycles. The highest BCUT2D eigenvalue weighted by molar-refractivity contribution is 7.13. The molecule has 0 radical (unpaired) electrons. The van der Waals surface area contributed by atoms with Gasteiger partial charge < -0.3 is 5.32 Å². The number of amides is 1. The third-order valence-corrected chi connectivity index (χ3v) is 6.57. The minimum absolute atomic E-state index is 0.117. The topological polar surface area (TPSA) is 58.1 Å². The van der Waals surface area contributed by atoms with Crippen LogP contribution in [0.5, 0.6) is 0 Å². The third-order valence-electron chi connectivity index (χ3n) is 5.45. The van der Waals surface area contributed by atoms with Gasteiger partial charge in [-0.1, -0.05) is 19.1 Å². The van der Waals surface area contributed by atoms with Gasteiger partial charge in [0.1, 0.15) is 4.88 Å². The second kappa shape index (κ2) is 11.4. The fourth-order valence-electron chi connectivity index (χ4n) is 3.50. The van der Waals surface area contributed by atoms with E-state index in [1.807, 2.05) is 24.0 Å².